The van der Waals surface area contributed by atoms with Gasteiger partial charge < -0.3 is 18.9 Å². The molecule has 5 heteroatoms. The van der Waals surface area contributed by atoms with Crippen molar-refractivity contribution in [3.8, 4) is 17.2 Å². The second-order valence-electron chi connectivity index (χ2n) is 3.90. The molecule has 0 aliphatic carbocycles. The third kappa shape index (κ3) is 2.50. The second-order valence-corrected chi connectivity index (χ2v) is 3.90. The Morgan fingerprint density at radius 1 is 1.39 bits per heavy atom. The molecule has 1 aromatic rings. The number of unbranched alkanes of at least 4 members (excludes halogenated alkanes) is 1. The smallest absolute Gasteiger partial charge is 0.338 e. The van der Waals surface area contributed by atoms with Crippen molar-refractivity contribution in [1.29, 1.82) is 0 Å². The number of esters is 1. The first-order chi connectivity index (χ1) is 8.76. The van der Waals surface area contributed by atoms with Crippen molar-refractivity contribution in [1.82, 2.24) is 0 Å². The van der Waals surface area contributed by atoms with Gasteiger partial charge in [0, 0.05) is 0 Å². The Bertz CT molecular complexity index is 441. The van der Waals surface area contributed by atoms with Gasteiger partial charge in [0.15, 0.2) is 11.5 Å². The normalized spacial score (nSPS) is 12.3. The summed E-state index contributed by atoms with van der Waals surface area (Å²) in [6, 6.07) is 3.22. The van der Waals surface area contributed by atoms with Crippen LogP contribution in [0.2, 0.25) is 0 Å². The molecule has 0 aromatic heterocycles. The molecule has 0 spiro atoms. The number of rotatable bonds is 5. The molecule has 1 aliphatic rings. The van der Waals surface area contributed by atoms with E-state index < -0.39 is 5.97 Å². The molecule has 5 nitrogen and oxygen atoms in total. The van der Waals surface area contributed by atoms with Gasteiger partial charge in [-0.1, -0.05) is 13.3 Å². The van der Waals surface area contributed by atoms with Gasteiger partial charge in [-0.3, -0.25) is 0 Å². The molecule has 0 bridgehead atoms. The molecule has 0 unspecified atom stereocenters. The van der Waals surface area contributed by atoms with E-state index in [1.54, 1.807) is 12.1 Å². The summed E-state index contributed by atoms with van der Waals surface area (Å²) in [4.78, 5) is 11.5. The number of carbonyl (C=O) groups is 1. The van der Waals surface area contributed by atoms with E-state index in [-0.39, 0.29) is 6.79 Å². The Morgan fingerprint density at radius 2 is 2.22 bits per heavy atom. The highest BCUT2D eigenvalue weighted by Crippen LogP contribution is 2.42. The average Bonchev–Trinajstić information content (AvgIpc) is 2.86. The van der Waals surface area contributed by atoms with Gasteiger partial charge in [-0.15, -0.1) is 0 Å². The Labute approximate surface area is 106 Å². The minimum atomic E-state index is -0.423. The monoisotopic (exact) mass is 252 g/mol. The molecule has 2 rings (SSSR count). The SMILES string of the molecule is CCCCOc1cc(C(=O)OC)cc2c1OCO2. The highest BCUT2D eigenvalue weighted by atomic mass is 16.7. The third-order valence-electron chi connectivity index (χ3n) is 2.62. The first-order valence-corrected chi connectivity index (χ1v) is 5.91. The number of benzene rings is 1. The fraction of sp³-hybridized carbons (Fsp3) is 0.462. The van der Waals surface area contributed by atoms with E-state index in [4.69, 9.17) is 14.2 Å². The summed E-state index contributed by atoms with van der Waals surface area (Å²) in [6.07, 6.45) is 1.98. The predicted molar refractivity (Wildman–Crippen MR) is 64.3 cm³/mol. The average molecular weight is 252 g/mol. The molecule has 0 fully saturated rings. The van der Waals surface area contributed by atoms with Crippen LogP contribution in [0.25, 0.3) is 0 Å². The first-order valence-electron chi connectivity index (χ1n) is 5.91. The third-order valence-corrected chi connectivity index (χ3v) is 2.62. The van der Waals surface area contributed by atoms with Crippen LogP contribution >= 0.6 is 0 Å². The quantitative estimate of drug-likeness (QED) is 0.595. The van der Waals surface area contributed by atoms with Gasteiger partial charge in [0.25, 0.3) is 0 Å². The van der Waals surface area contributed by atoms with Crippen molar-refractivity contribution in [2.45, 2.75) is 19.8 Å². The van der Waals surface area contributed by atoms with Crippen LogP contribution < -0.4 is 14.2 Å². The van der Waals surface area contributed by atoms with Gasteiger partial charge in [-0.25, -0.2) is 4.79 Å². The maximum atomic E-state index is 11.5. The summed E-state index contributed by atoms with van der Waals surface area (Å²) in [5, 5.41) is 0. The van der Waals surface area contributed by atoms with Crippen LogP contribution in [0.1, 0.15) is 30.1 Å². The summed E-state index contributed by atoms with van der Waals surface area (Å²) < 4.78 is 20.9. The second kappa shape index (κ2) is 5.62. The molecule has 0 N–H and O–H groups in total. The first kappa shape index (κ1) is 12.5. The lowest BCUT2D eigenvalue weighted by molar-refractivity contribution is 0.0600. The summed E-state index contributed by atoms with van der Waals surface area (Å²) >= 11 is 0. The van der Waals surface area contributed by atoms with Gasteiger partial charge in [-0.2, -0.15) is 0 Å². The van der Waals surface area contributed by atoms with Crippen molar-refractivity contribution < 1.29 is 23.7 Å². The maximum absolute atomic E-state index is 11.5. The summed E-state index contributed by atoms with van der Waals surface area (Å²) in [6.45, 7) is 2.80. The molecule has 0 saturated heterocycles. The standard InChI is InChI=1S/C13H16O5/c1-3-4-5-16-10-6-9(13(14)15-2)7-11-12(10)18-8-17-11/h6-7H,3-5,8H2,1-2H3. The molecule has 1 aromatic carbocycles. The summed E-state index contributed by atoms with van der Waals surface area (Å²) in [5.41, 5.74) is 0.397. The fourth-order valence-corrected chi connectivity index (χ4v) is 1.65. The molecular formula is C13H16O5. The van der Waals surface area contributed by atoms with Gasteiger partial charge in [0.2, 0.25) is 12.5 Å². The minimum Gasteiger partial charge on any atom is -0.490 e. The van der Waals surface area contributed by atoms with Crippen molar-refractivity contribution in [3.63, 3.8) is 0 Å². The van der Waals surface area contributed by atoms with Gasteiger partial charge >= 0.3 is 5.97 Å². The summed E-state index contributed by atoms with van der Waals surface area (Å²) in [7, 11) is 1.34. The highest BCUT2D eigenvalue weighted by Gasteiger charge is 2.22. The van der Waals surface area contributed by atoms with Gasteiger partial charge in [0.1, 0.15) is 0 Å². The van der Waals surface area contributed by atoms with E-state index in [2.05, 4.69) is 11.7 Å². The minimum absolute atomic E-state index is 0.143. The van der Waals surface area contributed by atoms with Crippen LogP contribution in [-0.4, -0.2) is 26.5 Å². The van der Waals surface area contributed by atoms with Gasteiger partial charge in [0.05, 0.1) is 19.3 Å². The van der Waals surface area contributed by atoms with Crippen molar-refractivity contribution >= 4 is 5.97 Å². The number of ether oxygens (including phenoxy) is 4. The molecule has 0 atom stereocenters. The van der Waals surface area contributed by atoms with Crippen molar-refractivity contribution in [3.05, 3.63) is 17.7 Å². The van der Waals surface area contributed by atoms with E-state index in [9.17, 15) is 4.79 Å². The zero-order chi connectivity index (χ0) is 13.0. The lowest BCUT2D eigenvalue weighted by atomic mass is 10.2. The Hall–Kier alpha value is -1.91. The van der Waals surface area contributed by atoms with E-state index in [1.807, 2.05) is 0 Å². The molecule has 98 valence electrons. The highest BCUT2D eigenvalue weighted by molar-refractivity contribution is 5.91. The number of hydrogen-bond donors (Lipinski definition) is 0. The number of hydrogen-bond acceptors (Lipinski definition) is 5. The molecule has 0 amide bonds. The molecule has 1 heterocycles. The molecule has 0 saturated carbocycles. The number of methoxy groups -OCH3 is 1. The van der Waals surface area contributed by atoms with Crippen LogP contribution in [0.3, 0.4) is 0 Å². The molecule has 1 aliphatic heterocycles. The Balaban J connectivity index is 2.25. The molecular weight excluding hydrogens is 236 g/mol. The van der Waals surface area contributed by atoms with Crippen LogP contribution in [0.15, 0.2) is 12.1 Å². The summed E-state index contributed by atoms with van der Waals surface area (Å²) in [5.74, 6) is 1.18. The van der Waals surface area contributed by atoms with Crippen LogP contribution in [0.4, 0.5) is 0 Å². The lowest BCUT2D eigenvalue weighted by Gasteiger charge is -2.10. The number of fused-ring (bicyclic) bond motifs is 1. The van der Waals surface area contributed by atoms with Crippen LogP contribution in [-0.2, 0) is 4.74 Å². The lowest BCUT2D eigenvalue weighted by Crippen LogP contribution is -2.03. The zero-order valence-corrected chi connectivity index (χ0v) is 10.5. The van der Waals surface area contributed by atoms with Crippen LogP contribution in [0, 0.1) is 0 Å². The fourth-order valence-electron chi connectivity index (χ4n) is 1.65. The maximum Gasteiger partial charge on any atom is 0.338 e. The van der Waals surface area contributed by atoms with Gasteiger partial charge in [-0.05, 0) is 18.6 Å². The Kier molecular flexibility index (Phi) is 3.92. The van der Waals surface area contributed by atoms with E-state index in [0.717, 1.165) is 12.8 Å². The van der Waals surface area contributed by atoms with E-state index in [1.165, 1.54) is 7.11 Å². The molecule has 0 radical (unpaired) electrons. The van der Waals surface area contributed by atoms with Crippen molar-refractivity contribution in [2.24, 2.45) is 0 Å². The molecule has 18 heavy (non-hydrogen) atoms. The Morgan fingerprint density at radius 3 is 2.94 bits per heavy atom. The van der Waals surface area contributed by atoms with E-state index >= 15 is 0 Å². The number of carbonyl (C=O) groups excluding carboxylic acids is 1. The predicted octanol–water partition coefficient (Wildman–Crippen LogP) is 2.38. The van der Waals surface area contributed by atoms with Crippen molar-refractivity contribution in [2.75, 3.05) is 20.5 Å². The van der Waals surface area contributed by atoms with E-state index in [0.29, 0.717) is 29.4 Å². The largest absolute Gasteiger partial charge is 0.490 e. The topological polar surface area (TPSA) is 54.0 Å². The zero-order valence-electron chi connectivity index (χ0n) is 10.5. The van der Waals surface area contributed by atoms with Crippen LogP contribution in [0.5, 0.6) is 17.2 Å².